The minimum absolute atomic E-state index is 0.0211. The van der Waals surface area contributed by atoms with E-state index in [1.807, 2.05) is 0 Å². The highest BCUT2D eigenvalue weighted by atomic mass is 32.2. The second-order valence-electron chi connectivity index (χ2n) is 6.38. The van der Waals surface area contributed by atoms with Gasteiger partial charge in [0, 0.05) is 13.1 Å². The molecule has 0 spiro atoms. The quantitative estimate of drug-likeness (QED) is 0.696. The van der Waals surface area contributed by atoms with Crippen LogP contribution in [-0.2, 0) is 19.4 Å². The van der Waals surface area contributed by atoms with Crippen molar-refractivity contribution in [3.05, 3.63) is 40.6 Å². The fraction of sp³-hybridized carbons (Fsp3) is 0.353. The van der Waals surface area contributed by atoms with Crippen molar-refractivity contribution in [1.29, 1.82) is 0 Å². The van der Waals surface area contributed by atoms with Crippen molar-refractivity contribution in [2.24, 2.45) is 0 Å². The molecule has 27 heavy (non-hydrogen) atoms. The number of hydrogen-bond donors (Lipinski definition) is 0. The predicted octanol–water partition coefficient (Wildman–Crippen LogP) is 1.51. The van der Waals surface area contributed by atoms with Crippen LogP contribution < -0.4 is 0 Å². The zero-order valence-corrected chi connectivity index (χ0v) is 16.1. The Balaban J connectivity index is 1.69. The van der Waals surface area contributed by atoms with Crippen molar-refractivity contribution >= 4 is 44.7 Å². The number of thioether (sulfide) groups is 1. The summed E-state index contributed by atoms with van der Waals surface area (Å²) in [6.07, 6.45) is 1.73. The molecule has 3 rings (SSSR count). The third-order valence-electron chi connectivity index (χ3n) is 4.46. The highest BCUT2D eigenvalue weighted by Crippen LogP contribution is 2.32. The third-order valence-corrected chi connectivity index (χ3v) is 7.12. The first-order valence-electron chi connectivity index (χ1n) is 8.13. The van der Waals surface area contributed by atoms with Gasteiger partial charge in [0.1, 0.15) is 12.4 Å². The molecule has 3 amide bonds. The summed E-state index contributed by atoms with van der Waals surface area (Å²) in [6.45, 7) is -0.460. The Labute approximate surface area is 160 Å². The molecular formula is C17H17FN2O5S2. The Morgan fingerprint density at radius 3 is 2.78 bits per heavy atom. The average Bonchev–Trinajstić information content (AvgIpc) is 3.08. The van der Waals surface area contributed by atoms with Crippen LogP contribution in [0.1, 0.15) is 12.0 Å². The number of likely N-dealkylation sites (N-methyl/N-ethyl adjacent to an activating group) is 1. The molecule has 0 bridgehead atoms. The predicted molar refractivity (Wildman–Crippen MR) is 98.9 cm³/mol. The van der Waals surface area contributed by atoms with E-state index in [-0.39, 0.29) is 16.4 Å². The molecule has 7 nitrogen and oxygen atoms in total. The molecule has 144 valence electrons. The van der Waals surface area contributed by atoms with Crippen LogP contribution in [0.15, 0.2) is 29.2 Å². The maximum atomic E-state index is 13.3. The Hall–Kier alpha value is -2.20. The number of nitrogens with zero attached hydrogens (tertiary/aromatic N) is 2. The van der Waals surface area contributed by atoms with Gasteiger partial charge in [-0.05, 0) is 42.0 Å². The number of imide groups is 1. The first kappa shape index (κ1) is 19.6. The van der Waals surface area contributed by atoms with Crippen LogP contribution in [0.25, 0.3) is 6.08 Å². The summed E-state index contributed by atoms with van der Waals surface area (Å²) in [7, 11) is -1.69. The highest BCUT2D eigenvalue weighted by Gasteiger charge is 2.39. The average molecular weight is 412 g/mol. The van der Waals surface area contributed by atoms with Crippen molar-refractivity contribution in [2.45, 2.75) is 12.5 Å². The van der Waals surface area contributed by atoms with E-state index < -0.39 is 45.3 Å². The van der Waals surface area contributed by atoms with Gasteiger partial charge in [-0.2, -0.15) is 0 Å². The topological polar surface area (TPSA) is 91.8 Å². The second-order valence-corrected chi connectivity index (χ2v) is 9.61. The maximum Gasteiger partial charge on any atom is 0.294 e. The zero-order valence-electron chi connectivity index (χ0n) is 14.4. The lowest BCUT2D eigenvalue weighted by molar-refractivity contribution is -0.136. The Morgan fingerprint density at radius 2 is 2.15 bits per heavy atom. The van der Waals surface area contributed by atoms with Gasteiger partial charge in [0.15, 0.2) is 9.84 Å². The molecule has 2 aliphatic rings. The van der Waals surface area contributed by atoms with Gasteiger partial charge in [-0.3, -0.25) is 19.3 Å². The first-order chi connectivity index (χ1) is 12.7. The fourth-order valence-electron chi connectivity index (χ4n) is 2.92. The van der Waals surface area contributed by atoms with E-state index in [0.29, 0.717) is 23.7 Å². The Morgan fingerprint density at radius 1 is 1.41 bits per heavy atom. The van der Waals surface area contributed by atoms with E-state index >= 15 is 0 Å². The smallest absolute Gasteiger partial charge is 0.294 e. The van der Waals surface area contributed by atoms with Gasteiger partial charge in [-0.1, -0.05) is 12.1 Å². The summed E-state index contributed by atoms with van der Waals surface area (Å²) in [5.41, 5.74) is 0.431. The largest absolute Gasteiger partial charge is 0.340 e. The molecule has 2 fully saturated rings. The van der Waals surface area contributed by atoms with Crippen molar-refractivity contribution in [3.63, 3.8) is 0 Å². The van der Waals surface area contributed by atoms with Gasteiger partial charge in [-0.15, -0.1) is 0 Å². The summed E-state index contributed by atoms with van der Waals surface area (Å²) in [6, 6.07) is 5.12. The summed E-state index contributed by atoms with van der Waals surface area (Å²) < 4.78 is 36.4. The molecule has 0 radical (unpaired) electrons. The van der Waals surface area contributed by atoms with Crippen LogP contribution >= 0.6 is 11.8 Å². The first-order valence-corrected chi connectivity index (χ1v) is 10.8. The summed E-state index contributed by atoms with van der Waals surface area (Å²) in [5.74, 6) is -1.70. The Kier molecular flexibility index (Phi) is 5.38. The molecule has 1 atom stereocenters. The fourth-order valence-corrected chi connectivity index (χ4v) is 5.53. The number of hydrogen-bond acceptors (Lipinski definition) is 6. The lowest BCUT2D eigenvalue weighted by Gasteiger charge is -2.25. The van der Waals surface area contributed by atoms with Crippen LogP contribution in [0, 0.1) is 5.82 Å². The van der Waals surface area contributed by atoms with Gasteiger partial charge in [0.05, 0.1) is 16.4 Å². The summed E-state index contributed by atoms with van der Waals surface area (Å²) in [5, 5.41) is -0.594. The lowest BCUT2D eigenvalue weighted by Crippen LogP contribution is -2.45. The van der Waals surface area contributed by atoms with Crippen LogP contribution in [0.2, 0.25) is 0 Å². The zero-order chi connectivity index (χ0) is 19.8. The highest BCUT2D eigenvalue weighted by molar-refractivity contribution is 8.18. The normalized spacial score (nSPS) is 23.3. The SMILES string of the molecule is CN(C(=O)CN1C(=O)SC(=Cc2cccc(F)c2)C1=O)C1CCS(=O)(=O)C1. The molecule has 2 heterocycles. The minimum Gasteiger partial charge on any atom is -0.340 e. The van der Waals surface area contributed by atoms with Gasteiger partial charge in [-0.25, -0.2) is 12.8 Å². The standard InChI is InChI=1S/C17H17FN2O5S2/c1-19(13-5-6-27(24,25)10-13)15(21)9-20-16(22)14(26-17(20)23)8-11-3-2-4-12(18)7-11/h2-4,7-8,13H,5-6,9-10H2,1H3. The molecule has 0 N–H and O–H groups in total. The van der Waals surface area contributed by atoms with Gasteiger partial charge >= 0.3 is 0 Å². The van der Waals surface area contributed by atoms with Gasteiger partial charge < -0.3 is 4.90 Å². The number of rotatable bonds is 4. The third kappa shape index (κ3) is 4.38. The van der Waals surface area contributed by atoms with Crippen LogP contribution in [0.5, 0.6) is 0 Å². The molecule has 0 aliphatic carbocycles. The van der Waals surface area contributed by atoms with Gasteiger partial charge in [0.2, 0.25) is 5.91 Å². The van der Waals surface area contributed by atoms with Crippen LogP contribution in [0.3, 0.4) is 0 Å². The van der Waals surface area contributed by atoms with Crippen molar-refractivity contribution in [2.75, 3.05) is 25.1 Å². The van der Waals surface area contributed by atoms with E-state index in [1.54, 1.807) is 6.07 Å². The van der Waals surface area contributed by atoms with E-state index in [2.05, 4.69) is 0 Å². The van der Waals surface area contributed by atoms with E-state index in [4.69, 9.17) is 0 Å². The molecule has 2 aliphatic heterocycles. The number of sulfone groups is 1. The molecular weight excluding hydrogens is 395 g/mol. The Bertz CT molecular complexity index is 944. The van der Waals surface area contributed by atoms with Gasteiger partial charge in [0.25, 0.3) is 11.1 Å². The number of carbonyl (C=O) groups is 3. The van der Waals surface area contributed by atoms with Crippen molar-refractivity contribution < 1.29 is 27.2 Å². The monoisotopic (exact) mass is 412 g/mol. The maximum absolute atomic E-state index is 13.3. The molecule has 0 saturated carbocycles. The molecule has 0 aromatic heterocycles. The molecule has 1 aromatic rings. The van der Waals surface area contributed by atoms with Crippen LogP contribution in [-0.4, -0.2) is 66.4 Å². The molecule has 1 unspecified atom stereocenters. The van der Waals surface area contributed by atoms with Crippen molar-refractivity contribution in [1.82, 2.24) is 9.80 Å². The van der Waals surface area contributed by atoms with E-state index in [9.17, 15) is 27.2 Å². The van der Waals surface area contributed by atoms with E-state index in [1.165, 1.54) is 36.2 Å². The number of benzene rings is 1. The van der Waals surface area contributed by atoms with Crippen molar-refractivity contribution in [3.8, 4) is 0 Å². The number of amides is 3. The lowest BCUT2D eigenvalue weighted by atomic mass is 10.2. The summed E-state index contributed by atoms with van der Waals surface area (Å²) >= 11 is 0.678. The summed E-state index contributed by atoms with van der Waals surface area (Å²) in [4.78, 5) is 39.2. The molecule has 10 heteroatoms. The number of carbonyl (C=O) groups excluding carboxylic acids is 3. The number of halogens is 1. The van der Waals surface area contributed by atoms with E-state index in [0.717, 1.165) is 4.90 Å². The minimum atomic E-state index is -3.15. The second kappa shape index (κ2) is 7.43. The molecule has 1 aromatic carbocycles. The molecule has 2 saturated heterocycles. The van der Waals surface area contributed by atoms with Crippen LogP contribution in [0.4, 0.5) is 9.18 Å².